The van der Waals surface area contributed by atoms with Gasteiger partial charge in [0.25, 0.3) is 0 Å². The molecule has 0 aliphatic carbocycles. The minimum atomic E-state index is -0.806. The van der Waals surface area contributed by atoms with Gasteiger partial charge in [0, 0.05) is 0 Å². The molecule has 3 nitrogen and oxygen atoms in total. The van der Waals surface area contributed by atoms with Crippen LogP contribution < -0.4 is 3.53 Å². The molecule has 48 valence electrons. The molecule has 0 saturated heterocycles. The Morgan fingerprint density at radius 1 is 2.00 bits per heavy atom. The average Bonchev–Trinajstić information content (AvgIpc) is 1.69. The van der Waals surface area contributed by atoms with E-state index in [0.29, 0.717) is 5.32 Å². The van der Waals surface area contributed by atoms with E-state index in [-0.39, 0.29) is 0 Å². The number of carboxylic acids is 1. The van der Waals surface area contributed by atoms with Gasteiger partial charge in [-0.1, -0.05) is 0 Å². The molecule has 0 unspecified atom stereocenters. The summed E-state index contributed by atoms with van der Waals surface area (Å²) in [5.41, 5.74) is 0. The molecule has 0 aromatic rings. The molecule has 0 aliphatic heterocycles. The van der Waals surface area contributed by atoms with Crippen molar-refractivity contribution in [1.82, 2.24) is 3.53 Å². The number of hydrogen-bond acceptors (Lipinski definition) is 2. The molecule has 0 aromatic heterocycles. The summed E-state index contributed by atoms with van der Waals surface area (Å²) in [5, 5.41) is 8.86. The Morgan fingerprint density at radius 3 is 2.50 bits per heavy atom. The van der Waals surface area contributed by atoms with Gasteiger partial charge in [-0.05, 0) is 0 Å². The monoisotopic (exact) mass is 295 g/mol. The van der Waals surface area contributed by atoms with Crippen LogP contribution in [0.5, 0.6) is 0 Å². The Balaban J connectivity index is 3.52. The first-order valence-electron chi connectivity index (χ1n) is 1.92. The van der Waals surface area contributed by atoms with Crippen LogP contribution in [-0.2, 0) is 4.79 Å². The molecule has 5 heteroatoms. The molecule has 0 amide bonds. The van der Waals surface area contributed by atoms with Crippen LogP contribution in [0.4, 0.5) is 0 Å². The minimum absolute atomic E-state index is 0.421. The van der Waals surface area contributed by atoms with Gasteiger partial charge in [-0.15, -0.1) is 0 Å². The quantitative estimate of drug-likeness (QED) is 0.427. The van der Waals surface area contributed by atoms with Crippen LogP contribution in [0.25, 0.3) is 0 Å². The Morgan fingerprint density at radius 2 is 2.50 bits per heavy atom. The number of aliphatic carboxylic acids is 1. The SMILES string of the molecule is O=C(O)[C@H](C[SeH])NI. The van der Waals surface area contributed by atoms with Crippen LogP contribution >= 0.6 is 22.9 Å². The number of hydrogen-bond donors (Lipinski definition) is 2. The fraction of sp³-hybridized carbons (Fsp3) is 0.667. The van der Waals surface area contributed by atoms with E-state index in [0.717, 1.165) is 0 Å². The first-order chi connectivity index (χ1) is 3.72. The van der Waals surface area contributed by atoms with Gasteiger partial charge in [-0.3, -0.25) is 0 Å². The van der Waals surface area contributed by atoms with Gasteiger partial charge >= 0.3 is 69.6 Å². The molecular formula is C3H6INO2Se. The van der Waals surface area contributed by atoms with Crippen LogP contribution in [0.3, 0.4) is 0 Å². The van der Waals surface area contributed by atoms with Crippen molar-refractivity contribution in [1.29, 1.82) is 0 Å². The molecule has 0 aliphatic rings. The zero-order valence-electron chi connectivity index (χ0n) is 3.97. The fourth-order valence-electron chi connectivity index (χ4n) is 0.159. The van der Waals surface area contributed by atoms with Gasteiger partial charge < -0.3 is 0 Å². The van der Waals surface area contributed by atoms with Crippen molar-refractivity contribution in [2.45, 2.75) is 11.4 Å². The summed E-state index contributed by atoms with van der Waals surface area (Å²) < 4.78 is 2.61. The van der Waals surface area contributed by atoms with Crippen molar-refractivity contribution in [2.75, 3.05) is 0 Å². The van der Waals surface area contributed by atoms with E-state index in [1.54, 1.807) is 0 Å². The summed E-state index contributed by atoms with van der Waals surface area (Å²) in [6.45, 7) is 0. The van der Waals surface area contributed by atoms with E-state index in [2.05, 4.69) is 19.5 Å². The predicted molar refractivity (Wildman–Crippen MR) is 40.5 cm³/mol. The van der Waals surface area contributed by atoms with E-state index >= 15 is 0 Å². The van der Waals surface area contributed by atoms with Crippen LogP contribution in [0, 0.1) is 0 Å². The van der Waals surface area contributed by atoms with Gasteiger partial charge in [0.05, 0.1) is 0 Å². The second-order valence-corrected chi connectivity index (χ2v) is 2.57. The molecule has 0 spiro atoms. The van der Waals surface area contributed by atoms with Crippen LogP contribution in [-0.4, -0.2) is 33.1 Å². The Labute approximate surface area is 69.5 Å². The normalized spacial score (nSPS) is 13.2. The van der Waals surface area contributed by atoms with E-state index in [4.69, 9.17) is 5.11 Å². The molecule has 0 saturated carbocycles. The van der Waals surface area contributed by atoms with Gasteiger partial charge in [-0.2, -0.15) is 0 Å². The van der Waals surface area contributed by atoms with Gasteiger partial charge in [0.15, 0.2) is 0 Å². The third-order valence-corrected chi connectivity index (χ3v) is 2.13. The zero-order valence-corrected chi connectivity index (χ0v) is 8.00. The zero-order chi connectivity index (χ0) is 6.57. The van der Waals surface area contributed by atoms with E-state index < -0.39 is 12.0 Å². The topological polar surface area (TPSA) is 49.3 Å². The third kappa shape index (κ3) is 2.86. The third-order valence-electron chi connectivity index (χ3n) is 0.612. The molecule has 0 heterocycles. The van der Waals surface area contributed by atoms with Crippen LogP contribution in [0.15, 0.2) is 0 Å². The number of carbonyl (C=O) groups is 1. The van der Waals surface area contributed by atoms with E-state index in [9.17, 15) is 4.79 Å². The summed E-state index contributed by atoms with van der Waals surface area (Å²) in [5.74, 6) is -0.806. The molecule has 1 atom stereocenters. The van der Waals surface area contributed by atoms with Gasteiger partial charge in [0.2, 0.25) is 0 Å². The van der Waals surface area contributed by atoms with Gasteiger partial charge in [-0.25, -0.2) is 0 Å². The summed E-state index contributed by atoms with van der Waals surface area (Å²) in [6.07, 6.45) is 0. The molecule has 0 rings (SSSR count). The number of carboxylic acid groups (broad SMARTS) is 1. The Bertz CT molecular complexity index is 85.4. The maximum atomic E-state index is 10.1. The fourth-order valence-corrected chi connectivity index (χ4v) is 1.92. The van der Waals surface area contributed by atoms with Crippen molar-refractivity contribution >= 4 is 44.8 Å². The average molecular weight is 294 g/mol. The second kappa shape index (κ2) is 4.55. The summed E-state index contributed by atoms with van der Waals surface area (Å²) in [6, 6.07) is -0.421. The molecule has 0 radical (unpaired) electrons. The summed E-state index contributed by atoms with van der Waals surface area (Å²) >= 11 is 4.05. The number of halogens is 1. The molecule has 0 aromatic carbocycles. The van der Waals surface area contributed by atoms with E-state index in [1.807, 2.05) is 22.9 Å². The van der Waals surface area contributed by atoms with Crippen molar-refractivity contribution < 1.29 is 9.90 Å². The standard InChI is InChI=1S/C3H6INO2Se/c4-5-2(1-8)3(6)7/h2,5,8H,1H2,(H,6,7)/t2-/m0/s1. The predicted octanol–water partition coefficient (Wildman–Crippen LogP) is -0.302. The van der Waals surface area contributed by atoms with Crippen LogP contribution in [0.1, 0.15) is 0 Å². The first kappa shape index (κ1) is 8.68. The summed E-state index contributed by atoms with van der Waals surface area (Å²) in [4.78, 5) is 10.1. The second-order valence-electron chi connectivity index (χ2n) is 1.18. The Kier molecular flexibility index (Phi) is 4.93. The van der Waals surface area contributed by atoms with Crippen molar-refractivity contribution in [3.8, 4) is 0 Å². The summed E-state index contributed by atoms with van der Waals surface area (Å²) in [7, 11) is 0. The van der Waals surface area contributed by atoms with Gasteiger partial charge in [0.1, 0.15) is 0 Å². The first-order valence-corrected chi connectivity index (χ1v) is 4.32. The maximum absolute atomic E-state index is 10.1. The van der Waals surface area contributed by atoms with Crippen molar-refractivity contribution in [3.05, 3.63) is 0 Å². The van der Waals surface area contributed by atoms with Crippen molar-refractivity contribution in [3.63, 3.8) is 0 Å². The van der Waals surface area contributed by atoms with Crippen LogP contribution in [0.2, 0.25) is 5.32 Å². The molecule has 2 N–H and O–H groups in total. The molecule has 8 heavy (non-hydrogen) atoms. The van der Waals surface area contributed by atoms with E-state index in [1.165, 1.54) is 0 Å². The Hall–Kier alpha value is 0.679. The number of rotatable bonds is 3. The van der Waals surface area contributed by atoms with Crippen molar-refractivity contribution in [2.24, 2.45) is 0 Å². The molecular weight excluding hydrogens is 288 g/mol. The molecule has 0 bridgehead atoms. The molecule has 0 fully saturated rings. The number of nitrogens with one attached hydrogen (secondary N) is 1.